The number of phosphoric acid groups is 1. The van der Waals surface area contributed by atoms with Crippen LogP contribution in [-0.2, 0) is 18.9 Å². The summed E-state index contributed by atoms with van der Waals surface area (Å²) in [5, 5.41) is 0. The summed E-state index contributed by atoms with van der Waals surface area (Å²) in [5.74, 6) is -0.684. The third-order valence-corrected chi connectivity index (χ3v) is 7.51. The van der Waals surface area contributed by atoms with Crippen LogP contribution in [0.15, 0.2) is 24.3 Å². The SMILES string of the molecule is CCCCCCCCC=CCCCCCCCC(=O)OC(=O)CCCCCCCC=CCCCCCCCC.O=P(O)(O)O.[H-].[Na+]. The Morgan fingerprint density at radius 3 is 0.978 bits per heavy atom. The van der Waals surface area contributed by atoms with Crippen LogP contribution in [0.3, 0.4) is 0 Å². The zero-order valence-electron chi connectivity index (χ0n) is 30.5. The predicted octanol–water partition coefficient (Wildman–Crippen LogP) is 8.32. The Balaban J connectivity index is -0.00000116. The van der Waals surface area contributed by atoms with Crippen LogP contribution in [0.2, 0.25) is 0 Å². The van der Waals surface area contributed by atoms with Gasteiger partial charge in [-0.1, -0.05) is 141 Å². The third kappa shape index (κ3) is 53.5. The summed E-state index contributed by atoms with van der Waals surface area (Å²) in [6, 6.07) is 0. The van der Waals surface area contributed by atoms with Gasteiger partial charge in [-0.25, -0.2) is 4.57 Å². The molecule has 0 aromatic rings. The van der Waals surface area contributed by atoms with Gasteiger partial charge >= 0.3 is 49.3 Å². The van der Waals surface area contributed by atoms with E-state index in [1.807, 2.05) is 0 Å². The first-order chi connectivity index (χ1) is 21.2. The van der Waals surface area contributed by atoms with Crippen LogP contribution < -0.4 is 29.6 Å². The van der Waals surface area contributed by atoms with Gasteiger partial charge in [0.1, 0.15) is 0 Å². The maximum Gasteiger partial charge on any atom is 1.00 e. The van der Waals surface area contributed by atoms with E-state index in [1.54, 1.807) is 0 Å². The second-order valence-corrected chi connectivity index (χ2v) is 13.1. The second-order valence-electron chi connectivity index (χ2n) is 12.0. The minimum Gasteiger partial charge on any atom is -1.00 e. The smallest absolute Gasteiger partial charge is 1.00 e. The molecule has 0 aromatic carbocycles. The van der Waals surface area contributed by atoms with Crippen molar-refractivity contribution in [2.24, 2.45) is 0 Å². The van der Waals surface area contributed by atoms with Gasteiger partial charge < -0.3 is 20.8 Å². The molecule has 0 atom stereocenters. The molecule has 0 heterocycles. The number of allylic oxidation sites excluding steroid dienone is 4. The van der Waals surface area contributed by atoms with Crippen LogP contribution in [0, 0.1) is 0 Å². The Morgan fingerprint density at radius 2 is 0.711 bits per heavy atom. The van der Waals surface area contributed by atoms with Crippen LogP contribution in [0.1, 0.15) is 195 Å². The minimum atomic E-state index is -4.64. The first-order valence-electron chi connectivity index (χ1n) is 18.0. The van der Waals surface area contributed by atoms with Crippen molar-refractivity contribution in [1.82, 2.24) is 0 Å². The Hall–Kier alpha value is -0.270. The van der Waals surface area contributed by atoms with E-state index in [-0.39, 0.29) is 42.9 Å². The molecule has 0 aliphatic rings. The van der Waals surface area contributed by atoms with E-state index in [2.05, 4.69) is 38.2 Å². The number of hydrogen-bond donors (Lipinski definition) is 3. The van der Waals surface area contributed by atoms with Crippen LogP contribution in [0.4, 0.5) is 0 Å². The largest absolute Gasteiger partial charge is 1.00 e. The fraction of sp³-hybridized carbons (Fsp3) is 0.833. The monoisotopic (exact) mass is 668 g/mol. The maximum atomic E-state index is 11.9. The molecule has 9 heteroatoms. The molecular weight excluding hydrogens is 598 g/mol. The molecule has 45 heavy (non-hydrogen) atoms. The van der Waals surface area contributed by atoms with E-state index in [0.29, 0.717) is 12.8 Å². The molecule has 3 N–H and O–H groups in total. The molecule has 0 aliphatic heterocycles. The summed E-state index contributed by atoms with van der Waals surface area (Å²) in [5.41, 5.74) is 0. The molecule has 7 nitrogen and oxygen atoms in total. The van der Waals surface area contributed by atoms with Gasteiger partial charge in [-0.15, -0.1) is 0 Å². The number of rotatable bonds is 30. The van der Waals surface area contributed by atoms with E-state index >= 15 is 0 Å². The van der Waals surface area contributed by atoms with Crippen molar-refractivity contribution in [3.8, 4) is 0 Å². The summed E-state index contributed by atoms with van der Waals surface area (Å²) in [6.07, 6.45) is 42.2. The number of esters is 2. The van der Waals surface area contributed by atoms with Gasteiger partial charge in [0, 0.05) is 12.8 Å². The van der Waals surface area contributed by atoms with Crippen molar-refractivity contribution in [3.05, 3.63) is 24.3 Å². The summed E-state index contributed by atoms with van der Waals surface area (Å²) < 4.78 is 13.9. The number of hydrogen-bond acceptors (Lipinski definition) is 4. The number of ether oxygens (including phenoxy) is 1. The Bertz CT molecular complexity index is 686. The van der Waals surface area contributed by atoms with Crippen molar-refractivity contribution in [1.29, 1.82) is 0 Å². The summed E-state index contributed by atoms with van der Waals surface area (Å²) >= 11 is 0. The second kappa shape index (κ2) is 39.9. The van der Waals surface area contributed by atoms with Crippen molar-refractivity contribution in [2.45, 2.75) is 194 Å². The number of carbonyl (C=O) groups is 2. The first kappa shape index (κ1) is 49.1. The molecule has 0 aromatic heterocycles. The molecule has 0 saturated carbocycles. The van der Waals surface area contributed by atoms with Crippen LogP contribution in [0.5, 0.6) is 0 Å². The standard InChI is InChI=1S/C36H66O3.Na.H3O4P.H/c1-3-5-7-9-11-13-15-17-19-21-23-25-27-29-31-33-35(37)39-36(38)34-32-30-28-26-24-22-20-18-16-14-12-10-8-6-4-2;;1-5(2,3)4;/h17-20H,3-16,21-34H2,1-2H3;;(H3,1,2,3,4);/q;+1;;-1. The zero-order chi connectivity index (χ0) is 33.0. The van der Waals surface area contributed by atoms with E-state index < -0.39 is 7.82 Å². The van der Waals surface area contributed by atoms with Crippen LogP contribution in [-0.4, -0.2) is 26.6 Å². The normalized spacial score (nSPS) is 11.4. The summed E-state index contributed by atoms with van der Waals surface area (Å²) in [7, 11) is -4.64. The van der Waals surface area contributed by atoms with Crippen LogP contribution in [0.25, 0.3) is 0 Å². The zero-order valence-corrected chi connectivity index (χ0v) is 32.4. The molecular formula is C36H70NaO7P. The molecule has 0 rings (SSSR count). The van der Waals surface area contributed by atoms with Gasteiger partial charge in [0.2, 0.25) is 0 Å². The maximum absolute atomic E-state index is 11.9. The van der Waals surface area contributed by atoms with Gasteiger partial charge in [0.25, 0.3) is 0 Å². The van der Waals surface area contributed by atoms with E-state index in [0.717, 1.165) is 38.5 Å². The molecule has 0 radical (unpaired) electrons. The Morgan fingerprint density at radius 1 is 0.489 bits per heavy atom. The fourth-order valence-electron chi connectivity index (χ4n) is 4.91. The summed E-state index contributed by atoms with van der Waals surface area (Å²) in [4.78, 5) is 45.3. The van der Waals surface area contributed by atoms with Gasteiger partial charge in [0.15, 0.2) is 0 Å². The summed E-state index contributed by atoms with van der Waals surface area (Å²) in [6.45, 7) is 4.53. The molecule has 0 unspecified atom stereocenters. The van der Waals surface area contributed by atoms with E-state index in [9.17, 15) is 9.59 Å². The molecule has 0 spiro atoms. The topological polar surface area (TPSA) is 121 Å². The molecule has 0 aliphatic carbocycles. The number of unbranched alkanes of at least 4 members (excludes halogenated alkanes) is 22. The molecule has 0 bridgehead atoms. The predicted molar refractivity (Wildman–Crippen MR) is 185 cm³/mol. The van der Waals surface area contributed by atoms with Gasteiger partial charge in [-0.3, -0.25) is 9.59 Å². The quantitative estimate of drug-likeness (QED) is 0.0176. The van der Waals surface area contributed by atoms with Crippen molar-refractivity contribution < 1.29 is 64.6 Å². The van der Waals surface area contributed by atoms with Crippen molar-refractivity contribution in [2.75, 3.05) is 0 Å². The Kier molecular flexibility index (Phi) is 43.6. The molecule has 0 saturated heterocycles. The number of carbonyl (C=O) groups excluding carboxylic acids is 2. The van der Waals surface area contributed by atoms with E-state index in [4.69, 9.17) is 24.0 Å². The first-order valence-corrected chi connectivity index (χ1v) is 19.6. The molecule has 0 amide bonds. The van der Waals surface area contributed by atoms with E-state index in [1.165, 1.54) is 128 Å². The van der Waals surface area contributed by atoms with Crippen molar-refractivity contribution in [3.63, 3.8) is 0 Å². The van der Waals surface area contributed by atoms with Crippen LogP contribution >= 0.6 is 7.82 Å². The fourth-order valence-corrected chi connectivity index (χ4v) is 4.91. The van der Waals surface area contributed by atoms with Gasteiger partial charge in [-0.2, -0.15) is 0 Å². The minimum absolute atomic E-state index is 0. The average molecular weight is 669 g/mol. The van der Waals surface area contributed by atoms with Gasteiger partial charge in [0.05, 0.1) is 0 Å². The average Bonchev–Trinajstić information content (AvgIpc) is 2.96. The molecule has 262 valence electrons. The van der Waals surface area contributed by atoms with Crippen molar-refractivity contribution >= 4 is 19.8 Å². The molecule has 0 fully saturated rings. The van der Waals surface area contributed by atoms with Gasteiger partial charge in [-0.05, 0) is 64.2 Å². The Labute approximate surface area is 300 Å². The third-order valence-electron chi connectivity index (χ3n) is 7.51.